The molecule has 0 aliphatic heterocycles. The number of pyridine rings is 1. The molecule has 0 atom stereocenters. The third-order valence-corrected chi connectivity index (χ3v) is 2.15. The van der Waals surface area contributed by atoms with Gasteiger partial charge in [0.25, 0.3) is 0 Å². The van der Waals surface area contributed by atoms with Crippen molar-refractivity contribution in [1.29, 1.82) is 0 Å². The fourth-order valence-electron chi connectivity index (χ4n) is 1.55. The number of hydrogen-bond donors (Lipinski definition) is 0. The van der Waals surface area contributed by atoms with Crippen molar-refractivity contribution in [2.24, 2.45) is 7.05 Å². The van der Waals surface area contributed by atoms with Crippen LogP contribution in [0.25, 0.3) is 11.0 Å². The van der Waals surface area contributed by atoms with Crippen LogP contribution in [0.2, 0.25) is 0 Å². The van der Waals surface area contributed by atoms with Crippen LogP contribution in [0.4, 0.5) is 0 Å². The molecule has 0 aromatic carbocycles. The molecule has 0 radical (unpaired) electrons. The summed E-state index contributed by atoms with van der Waals surface area (Å²) < 4.78 is 2.12. The molecule has 2 heteroatoms. The monoisotopic (exact) mass is 160 g/mol. The maximum atomic E-state index is 4.38. The van der Waals surface area contributed by atoms with Crippen LogP contribution in [0, 0.1) is 13.8 Å². The molecule has 2 rings (SSSR count). The van der Waals surface area contributed by atoms with E-state index >= 15 is 0 Å². The molecule has 2 aromatic rings. The molecule has 62 valence electrons. The molecule has 12 heavy (non-hydrogen) atoms. The van der Waals surface area contributed by atoms with Crippen LogP contribution in [0.5, 0.6) is 0 Å². The second kappa shape index (κ2) is 2.34. The molecule has 0 unspecified atom stereocenters. The molecule has 0 amide bonds. The summed E-state index contributed by atoms with van der Waals surface area (Å²) in [6.07, 6.45) is 4.02. The van der Waals surface area contributed by atoms with Gasteiger partial charge in [0.1, 0.15) is 0 Å². The molecule has 0 spiro atoms. The number of aromatic nitrogens is 2. The Morgan fingerprint density at radius 1 is 1.33 bits per heavy atom. The summed E-state index contributed by atoms with van der Waals surface area (Å²) in [5, 5.41) is 0. The molecule has 0 saturated heterocycles. The molecule has 0 aliphatic rings. The van der Waals surface area contributed by atoms with Crippen molar-refractivity contribution >= 4 is 11.0 Å². The fourth-order valence-corrected chi connectivity index (χ4v) is 1.55. The number of aryl methyl sites for hydroxylation is 3. The largest absolute Gasteiger partial charge is 0.349 e. The third kappa shape index (κ3) is 0.916. The number of nitrogens with zero attached hydrogens (tertiary/aromatic N) is 2. The Balaban J connectivity index is 2.90. The highest BCUT2D eigenvalue weighted by Crippen LogP contribution is 2.17. The lowest BCUT2D eigenvalue weighted by Crippen LogP contribution is -1.85. The molecule has 0 saturated carbocycles. The first kappa shape index (κ1) is 7.35. The normalized spacial score (nSPS) is 10.9. The maximum Gasteiger partial charge on any atom is 0.0910 e. The third-order valence-electron chi connectivity index (χ3n) is 2.15. The lowest BCUT2D eigenvalue weighted by Gasteiger charge is -1.95. The number of hydrogen-bond acceptors (Lipinski definition) is 1. The van der Waals surface area contributed by atoms with E-state index in [4.69, 9.17) is 0 Å². The van der Waals surface area contributed by atoms with Crippen LogP contribution in [0.15, 0.2) is 18.5 Å². The van der Waals surface area contributed by atoms with Crippen molar-refractivity contribution in [2.75, 3.05) is 0 Å². The standard InChI is InChI=1S/C10H12N2/c1-7-4-9-10(11-5-7)8(2)6-12(9)3/h4-6H,1-3H3. The van der Waals surface area contributed by atoms with E-state index in [1.807, 2.05) is 6.20 Å². The zero-order valence-electron chi connectivity index (χ0n) is 7.63. The predicted octanol–water partition coefficient (Wildman–Crippen LogP) is 2.19. The van der Waals surface area contributed by atoms with Crippen molar-refractivity contribution in [2.45, 2.75) is 13.8 Å². The first-order chi connectivity index (χ1) is 5.68. The quantitative estimate of drug-likeness (QED) is 0.577. The summed E-state index contributed by atoms with van der Waals surface area (Å²) >= 11 is 0. The van der Waals surface area contributed by atoms with Crippen molar-refractivity contribution in [1.82, 2.24) is 9.55 Å². The highest BCUT2D eigenvalue weighted by atomic mass is 14.9. The summed E-state index contributed by atoms with van der Waals surface area (Å²) in [5.41, 5.74) is 4.78. The van der Waals surface area contributed by atoms with Crippen LogP contribution in [0.3, 0.4) is 0 Å². The van der Waals surface area contributed by atoms with E-state index < -0.39 is 0 Å². The zero-order chi connectivity index (χ0) is 8.72. The second-order valence-corrected chi connectivity index (χ2v) is 3.30. The van der Waals surface area contributed by atoms with Gasteiger partial charge in [-0.1, -0.05) is 0 Å². The fraction of sp³-hybridized carbons (Fsp3) is 0.300. The Hall–Kier alpha value is -1.31. The van der Waals surface area contributed by atoms with Crippen molar-refractivity contribution in [3.8, 4) is 0 Å². The molecule has 2 nitrogen and oxygen atoms in total. The second-order valence-electron chi connectivity index (χ2n) is 3.30. The lowest BCUT2D eigenvalue weighted by atomic mass is 10.2. The molecule has 2 aromatic heterocycles. The van der Waals surface area contributed by atoms with Gasteiger partial charge >= 0.3 is 0 Å². The van der Waals surface area contributed by atoms with Crippen LogP contribution >= 0.6 is 0 Å². The molecular weight excluding hydrogens is 148 g/mol. The first-order valence-electron chi connectivity index (χ1n) is 4.07. The van der Waals surface area contributed by atoms with Gasteiger partial charge in [-0.25, -0.2) is 0 Å². The molecule has 0 N–H and O–H groups in total. The van der Waals surface area contributed by atoms with Crippen LogP contribution in [0.1, 0.15) is 11.1 Å². The average Bonchev–Trinajstić information content (AvgIpc) is 2.28. The van der Waals surface area contributed by atoms with Gasteiger partial charge in [-0.05, 0) is 31.0 Å². The molecule has 0 bridgehead atoms. The smallest absolute Gasteiger partial charge is 0.0910 e. The van der Waals surface area contributed by atoms with Gasteiger partial charge in [0.2, 0.25) is 0 Å². The van der Waals surface area contributed by atoms with Crippen LogP contribution < -0.4 is 0 Å². The van der Waals surface area contributed by atoms with Crippen molar-refractivity contribution < 1.29 is 0 Å². The topological polar surface area (TPSA) is 17.8 Å². The lowest BCUT2D eigenvalue weighted by molar-refractivity contribution is 0.962. The average molecular weight is 160 g/mol. The van der Waals surface area contributed by atoms with Crippen molar-refractivity contribution in [3.63, 3.8) is 0 Å². The molecular formula is C10H12N2. The molecule has 0 fully saturated rings. The van der Waals surface area contributed by atoms with Crippen molar-refractivity contribution in [3.05, 3.63) is 29.6 Å². The summed E-state index contributed by atoms with van der Waals surface area (Å²) in [6.45, 7) is 4.15. The number of fused-ring (bicyclic) bond motifs is 1. The van der Waals surface area contributed by atoms with Gasteiger partial charge in [0.05, 0.1) is 11.0 Å². The Morgan fingerprint density at radius 2 is 2.08 bits per heavy atom. The SMILES string of the molecule is Cc1cnc2c(C)cn(C)c2c1. The Labute approximate surface area is 71.8 Å². The summed E-state index contributed by atoms with van der Waals surface area (Å²) in [4.78, 5) is 4.38. The van der Waals surface area contributed by atoms with E-state index in [0.29, 0.717) is 0 Å². The van der Waals surface area contributed by atoms with E-state index in [-0.39, 0.29) is 0 Å². The van der Waals surface area contributed by atoms with E-state index in [2.05, 4.69) is 42.7 Å². The van der Waals surface area contributed by atoms with Gasteiger partial charge in [-0.2, -0.15) is 0 Å². The van der Waals surface area contributed by atoms with Gasteiger partial charge in [0.15, 0.2) is 0 Å². The minimum atomic E-state index is 1.11. The summed E-state index contributed by atoms with van der Waals surface area (Å²) in [5.74, 6) is 0. The van der Waals surface area contributed by atoms with E-state index in [9.17, 15) is 0 Å². The molecule has 0 aliphatic carbocycles. The Bertz CT molecular complexity index is 427. The summed E-state index contributed by atoms with van der Waals surface area (Å²) in [6, 6.07) is 2.16. The Kier molecular flexibility index (Phi) is 1.43. The zero-order valence-corrected chi connectivity index (χ0v) is 7.63. The van der Waals surface area contributed by atoms with Gasteiger partial charge in [-0.15, -0.1) is 0 Å². The van der Waals surface area contributed by atoms with Gasteiger partial charge in [0, 0.05) is 19.4 Å². The highest BCUT2D eigenvalue weighted by molar-refractivity contribution is 5.79. The highest BCUT2D eigenvalue weighted by Gasteiger charge is 2.02. The molecule has 2 heterocycles. The Morgan fingerprint density at radius 3 is 2.83 bits per heavy atom. The van der Waals surface area contributed by atoms with E-state index in [0.717, 1.165) is 5.52 Å². The summed E-state index contributed by atoms with van der Waals surface area (Å²) in [7, 11) is 2.05. The van der Waals surface area contributed by atoms with Crippen LogP contribution in [-0.2, 0) is 7.05 Å². The maximum absolute atomic E-state index is 4.38. The van der Waals surface area contributed by atoms with E-state index in [1.165, 1.54) is 16.6 Å². The minimum absolute atomic E-state index is 1.11. The van der Waals surface area contributed by atoms with Crippen LogP contribution in [-0.4, -0.2) is 9.55 Å². The van der Waals surface area contributed by atoms with E-state index in [1.54, 1.807) is 0 Å². The van der Waals surface area contributed by atoms with Gasteiger partial charge < -0.3 is 4.57 Å². The van der Waals surface area contributed by atoms with Gasteiger partial charge in [-0.3, -0.25) is 4.98 Å². The minimum Gasteiger partial charge on any atom is -0.349 e. The number of rotatable bonds is 0. The first-order valence-corrected chi connectivity index (χ1v) is 4.07. The predicted molar refractivity (Wildman–Crippen MR) is 50.2 cm³/mol.